The average Bonchev–Trinajstić information content (AvgIpc) is 3.77. The molecule has 1 spiro atoms. The highest BCUT2D eigenvalue weighted by Gasteiger charge is 2.50. The number of allylic oxidation sites excluding steroid dienone is 2. The molecule has 11 rings (SSSR count). The molecule has 6 aromatic carbocycles. The Bertz CT molecular complexity index is 2550. The fourth-order valence-corrected chi connectivity index (χ4v) is 9.27. The van der Waals surface area contributed by atoms with E-state index in [9.17, 15) is 0 Å². The van der Waals surface area contributed by atoms with E-state index in [0.717, 1.165) is 11.4 Å². The van der Waals surface area contributed by atoms with E-state index in [1.165, 1.54) is 72.0 Å². The molecule has 7 aromatic rings. The van der Waals surface area contributed by atoms with Gasteiger partial charge in [0, 0.05) is 23.4 Å². The summed E-state index contributed by atoms with van der Waals surface area (Å²) in [6.07, 6.45) is 8.69. The quantitative estimate of drug-likeness (QED) is 0.190. The molecule has 0 radical (unpaired) electrons. The van der Waals surface area contributed by atoms with Gasteiger partial charge >= 0.3 is 0 Å². The van der Waals surface area contributed by atoms with Crippen LogP contribution in [0.3, 0.4) is 0 Å². The fourth-order valence-electron chi connectivity index (χ4n) is 9.27. The number of hydrogen-bond acceptors (Lipinski definition) is 2. The van der Waals surface area contributed by atoms with Crippen molar-refractivity contribution >= 4 is 27.6 Å². The second-order valence-electron chi connectivity index (χ2n) is 13.5. The maximum atomic E-state index is 5.09. The third-order valence-electron chi connectivity index (χ3n) is 11.3. The molecule has 1 aromatic heterocycles. The van der Waals surface area contributed by atoms with Crippen LogP contribution in [0.1, 0.15) is 27.8 Å². The Balaban J connectivity index is 1.20. The van der Waals surface area contributed by atoms with Gasteiger partial charge in [-0.15, -0.1) is 0 Å². The number of amidine groups is 1. The zero-order valence-electron chi connectivity index (χ0n) is 26.5. The maximum absolute atomic E-state index is 5.09. The first kappa shape index (κ1) is 26.2. The average molecular weight is 614 g/mol. The molecule has 226 valence electrons. The van der Waals surface area contributed by atoms with Gasteiger partial charge < -0.3 is 9.47 Å². The van der Waals surface area contributed by atoms with Crippen molar-refractivity contribution in [2.75, 3.05) is 7.05 Å². The second-order valence-corrected chi connectivity index (χ2v) is 13.5. The molecule has 2 aliphatic heterocycles. The molecule has 48 heavy (non-hydrogen) atoms. The SMILES string of the molecule is CN1C(c2ccc(-c3cc4c5c(c3)c3ccccc3n5-c3ccccc3C43c4ccccc4-c4ccccc43)cc2)=NC2C=CC=CC21. The number of aliphatic imine (C=N–C) groups is 1. The van der Waals surface area contributed by atoms with Crippen LogP contribution in [-0.4, -0.2) is 34.4 Å². The minimum atomic E-state index is -0.443. The summed E-state index contributed by atoms with van der Waals surface area (Å²) in [6, 6.07) is 50.5. The molecule has 3 heteroatoms. The van der Waals surface area contributed by atoms with Crippen LogP contribution in [0.15, 0.2) is 163 Å². The number of benzene rings is 6. The Hall–Kier alpha value is -5.93. The highest BCUT2D eigenvalue weighted by Crippen LogP contribution is 2.61. The molecule has 4 aliphatic rings. The molecular formula is C45H31N3. The number of nitrogens with zero attached hydrogens (tertiary/aromatic N) is 3. The molecule has 2 unspecified atom stereocenters. The Kier molecular flexibility index (Phi) is 5.09. The first-order valence-electron chi connectivity index (χ1n) is 16.9. The molecule has 3 heterocycles. The van der Waals surface area contributed by atoms with E-state index in [1.807, 2.05) is 0 Å². The summed E-state index contributed by atoms with van der Waals surface area (Å²) in [6.45, 7) is 0. The van der Waals surface area contributed by atoms with Crippen molar-refractivity contribution in [3.05, 3.63) is 186 Å². The number of fused-ring (bicyclic) bond motifs is 13. The van der Waals surface area contributed by atoms with Crippen LogP contribution >= 0.6 is 0 Å². The lowest BCUT2D eigenvalue weighted by molar-refractivity contribution is 0.437. The van der Waals surface area contributed by atoms with Crippen LogP contribution < -0.4 is 0 Å². The summed E-state index contributed by atoms with van der Waals surface area (Å²) in [5, 5.41) is 2.57. The second kappa shape index (κ2) is 9.33. The minimum Gasteiger partial charge on any atom is -0.351 e. The summed E-state index contributed by atoms with van der Waals surface area (Å²) in [7, 11) is 2.16. The molecule has 2 aliphatic carbocycles. The molecule has 0 fully saturated rings. The summed E-state index contributed by atoms with van der Waals surface area (Å²) in [5.74, 6) is 1.05. The van der Waals surface area contributed by atoms with Crippen molar-refractivity contribution in [1.29, 1.82) is 0 Å². The zero-order chi connectivity index (χ0) is 31.6. The van der Waals surface area contributed by atoms with Crippen molar-refractivity contribution in [3.8, 4) is 27.9 Å². The van der Waals surface area contributed by atoms with Gasteiger partial charge in [0.1, 0.15) is 5.84 Å². The van der Waals surface area contributed by atoms with E-state index in [2.05, 4.69) is 174 Å². The topological polar surface area (TPSA) is 20.5 Å². The third kappa shape index (κ3) is 3.16. The van der Waals surface area contributed by atoms with E-state index in [0.29, 0.717) is 0 Å². The van der Waals surface area contributed by atoms with Gasteiger partial charge in [-0.05, 0) is 68.8 Å². The van der Waals surface area contributed by atoms with Gasteiger partial charge in [0.15, 0.2) is 0 Å². The van der Waals surface area contributed by atoms with Gasteiger partial charge in [-0.1, -0.05) is 133 Å². The molecule has 0 bridgehead atoms. The maximum Gasteiger partial charge on any atom is 0.131 e. The molecule has 0 saturated heterocycles. The van der Waals surface area contributed by atoms with Crippen molar-refractivity contribution in [3.63, 3.8) is 0 Å². The van der Waals surface area contributed by atoms with E-state index >= 15 is 0 Å². The first-order valence-corrected chi connectivity index (χ1v) is 16.9. The van der Waals surface area contributed by atoms with Gasteiger partial charge in [0.2, 0.25) is 0 Å². The van der Waals surface area contributed by atoms with Crippen LogP contribution in [0.4, 0.5) is 0 Å². The monoisotopic (exact) mass is 613 g/mol. The molecule has 3 nitrogen and oxygen atoms in total. The molecule has 0 amide bonds. The van der Waals surface area contributed by atoms with E-state index in [1.54, 1.807) is 0 Å². The summed E-state index contributed by atoms with van der Waals surface area (Å²) in [4.78, 5) is 7.40. The Morgan fingerprint density at radius 3 is 1.98 bits per heavy atom. The Morgan fingerprint density at radius 2 is 1.21 bits per heavy atom. The van der Waals surface area contributed by atoms with Gasteiger partial charge in [0.25, 0.3) is 0 Å². The lowest BCUT2D eigenvalue weighted by Crippen LogP contribution is -2.35. The summed E-state index contributed by atoms with van der Waals surface area (Å²) < 4.78 is 2.52. The number of likely N-dealkylation sites (N-methyl/N-ethyl adjacent to an activating group) is 1. The van der Waals surface area contributed by atoms with Crippen LogP contribution in [0.25, 0.3) is 49.7 Å². The van der Waals surface area contributed by atoms with Gasteiger partial charge in [-0.25, -0.2) is 0 Å². The van der Waals surface area contributed by atoms with E-state index < -0.39 is 5.41 Å². The molecular weight excluding hydrogens is 583 g/mol. The lowest BCUT2D eigenvalue weighted by Gasteiger charge is -2.39. The van der Waals surface area contributed by atoms with Gasteiger partial charge in [-0.3, -0.25) is 4.99 Å². The largest absolute Gasteiger partial charge is 0.351 e. The van der Waals surface area contributed by atoms with Crippen molar-refractivity contribution in [2.45, 2.75) is 17.5 Å². The van der Waals surface area contributed by atoms with E-state index in [-0.39, 0.29) is 12.1 Å². The number of para-hydroxylation sites is 2. The molecule has 0 N–H and O–H groups in total. The smallest absolute Gasteiger partial charge is 0.131 e. The minimum absolute atomic E-state index is 0.179. The summed E-state index contributed by atoms with van der Waals surface area (Å²) >= 11 is 0. The normalized spacial score (nSPS) is 19.0. The predicted octanol–water partition coefficient (Wildman–Crippen LogP) is 9.68. The third-order valence-corrected chi connectivity index (χ3v) is 11.3. The number of rotatable bonds is 2. The van der Waals surface area contributed by atoms with Crippen molar-refractivity contribution < 1.29 is 0 Å². The highest BCUT2D eigenvalue weighted by molar-refractivity contribution is 6.14. The lowest BCUT2D eigenvalue weighted by atomic mass is 9.65. The van der Waals surface area contributed by atoms with Crippen LogP contribution in [0, 0.1) is 0 Å². The number of aromatic nitrogens is 1. The zero-order valence-corrected chi connectivity index (χ0v) is 26.5. The molecule has 2 atom stereocenters. The van der Waals surface area contributed by atoms with Crippen LogP contribution in [0.5, 0.6) is 0 Å². The van der Waals surface area contributed by atoms with Gasteiger partial charge in [-0.2, -0.15) is 0 Å². The van der Waals surface area contributed by atoms with Gasteiger partial charge in [0.05, 0.1) is 34.2 Å². The van der Waals surface area contributed by atoms with E-state index in [4.69, 9.17) is 4.99 Å². The van der Waals surface area contributed by atoms with Crippen LogP contribution in [-0.2, 0) is 5.41 Å². The number of hydrogen-bond donors (Lipinski definition) is 0. The fraction of sp³-hybridized carbons (Fsp3) is 0.0889. The standard InChI is InChI=1S/C45H31N3/c1-47-42-21-11-8-18-39(42)46-44(47)29-24-22-28(23-25-29)30-26-34-33-14-4-9-19-40(33)48-41-20-10-7-17-37(41)45(38(27-30)43(34)48)35-15-5-2-12-31(35)32-13-3-6-16-36(32)45/h2-27,39,42H,1H3. The van der Waals surface area contributed by atoms with Crippen molar-refractivity contribution in [1.82, 2.24) is 9.47 Å². The van der Waals surface area contributed by atoms with Crippen LogP contribution in [0.2, 0.25) is 0 Å². The summed E-state index contributed by atoms with van der Waals surface area (Å²) in [5.41, 5.74) is 15.0. The predicted molar refractivity (Wildman–Crippen MR) is 197 cm³/mol. The Labute approximate surface area is 279 Å². The van der Waals surface area contributed by atoms with Crippen molar-refractivity contribution in [2.24, 2.45) is 4.99 Å². The molecule has 0 saturated carbocycles. The first-order chi connectivity index (χ1) is 23.7. The Morgan fingerprint density at radius 1 is 0.562 bits per heavy atom. The highest BCUT2D eigenvalue weighted by atomic mass is 15.3.